The average molecular weight is 180 g/mol. The van der Waals surface area contributed by atoms with E-state index < -0.39 is 0 Å². The van der Waals surface area contributed by atoms with E-state index in [2.05, 4.69) is 17.5 Å². The van der Waals surface area contributed by atoms with Crippen LogP contribution in [0, 0.1) is 17.8 Å². The quantitative estimate of drug-likeness (QED) is 0.492. The van der Waals surface area contributed by atoms with E-state index in [1.54, 1.807) is 0 Å². The van der Waals surface area contributed by atoms with Crippen molar-refractivity contribution in [1.29, 1.82) is 0 Å². The Bertz CT molecular complexity index is 189. The maximum atomic E-state index is 5.43. The summed E-state index contributed by atoms with van der Waals surface area (Å²) in [4.78, 5) is 0. The first-order valence-corrected chi connectivity index (χ1v) is 5.49. The van der Waals surface area contributed by atoms with Crippen LogP contribution in [0.5, 0.6) is 0 Å². The molecule has 13 heavy (non-hydrogen) atoms. The molecule has 2 aliphatic carbocycles. The first-order valence-electron chi connectivity index (χ1n) is 5.49. The fourth-order valence-corrected chi connectivity index (χ4v) is 2.64. The van der Waals surface area contributed by atoms with Crippen molar-refractivity contribution in [2.45, 2.75) is 19.3 Å². The summed E-state index contributed by atoms with van der Waals surface area (Å²) in [6.07, 6.45) is 8.77. The highest BCUT2D eigenvalue weighted by molar-refractivity contribution is 5.10. The Labute approximate surface area is 80.6 Å². The molecule has 3 atom stereocenters. The molecule has 0 aromatic rings. The molecule has 0 heterocycles. The molecule has 2 bridgehead atoms. The Morgan fingerprint density at radius 1 is 1.31 bits per heavy atom. The number of nitrogens with two attached hydrogens (primary N) is 1. The summed E-state index contributed by atoms with van der Waals surface area (Å²) < 4.78 is 0. The second-order valence-electron chi connectivity index (χ2n) is 4.39. The van der Waals surface area contributed by atoms with Gasteiger partial charge in [0.15, 0.2) is 0 Å². The lowest BCUT2D eigenvalue weighted by Crippen LogP contribution is -2.27. The topological polar surface area (TPSA) is 38.0 Å². The number of allylic oxidation sites excluding steroid dienone is 2. The molecule has 0 aromatic carbocycles. The lowest BCUT2D eigenvalue weighted by Gasteiger charge is -2.18. The van der Waals surface area contributed by atoms with Crippen LogP contribution < -0.4 is 11.1 Å². The Hall–Kier alpha value is -0.340. The number of fused-ring (bicyclic) bond motifs is 2. The van der Waals surface area contributed by atoms with E-state index >= 15 is 0 Å². The molecule has 0 spiro atoms. The van der Waals surface area contributed by atoms with Crippen LogP contribution in [-0.4, -0.2) is 19.6 Å². The molecule has 0 radical (unpaired) electrons. The van der Waals surface area contributed by atoms with Gasteiger partial charge in [-0.2, -0.15) is 0 Å². The highest BCUT2D eigenvalue weighted by Gasteiger charge is 2.34. The fourth-order valence-electron chi connectivity index (χ4n) is 2.64. The van der Waals surface area contributed by atoms with Crippen molar-refractivity contribution in [3.8, 4) is 0 Å². The molecule has 0 saturated heterocycles. The summed E-state index contributed by atoms with van der Waals surface area (Å²) in [5.41, 5.74) is 5.43. The Morgan fingerprint density at radius 3 is 2.85 bits per heavy atom. The van der Waals surface area contributed by atoms with E-state index in [4.69, 9.17) is 5.73 Å². The van der Waals surface area contributed by atoms with Gasteiger partial charge in [-0.1, -0.05) is 12.2 Å². The molecule has 0 amide bonds. The predicted octanol–water partition coefficient (Wildman–Crippen LogP) is 1.14. The van der Waals surface area contributed by atoms with Crippen molar-refractivity contribution in [2.24, 2.45) is 23.5 Å². The van der Waals surface area contributed by atoms with E-state index in [1.165, 1.54) is 19.4 Å². The normalized spacial score (nSPS) is 35.9. The molecule has 3 N–H and O–H groups in total. The van der Waals surface area contributed by atoms with Crippen LogP contribution in [0.2, 0.25) is 0 Å². The van der Waals surface area contributed by atoms with Crippen molar-refractivity contribution in [2.75, 3.05) is 19.6 Å². The average Bonchev–Trinajstić information content (AvgIpc) is 2.73. The van der Waals surface area contributed by atoms with E-state index in [1.807, 2.05) is 0 Å². The molecule has 1 saturated carbocycles. The van der Waals surface area contributed by atoms with E-state index in [0.29, 0.717) is 0 Å². The van der Waals surface area contributed by atoms with Gasteiger partial charge in [0.05, 0.1) is 0 Å². The van der Waals surface area contributed by atoms with Gasteiger partial charge in [-0.15, -0.1) is 0 Å². The van der Waals surface area contributed by atoms with Crippen molar-refractivity contribution in [1.82, 2.24) is 5.32 Å². The van der Waals surface area contributed by atoms with Crippen molar-refractivity contribution in [3.05, 3.63) is 12.2 Å². The molecular formula is C11H20N2. The van der Waals surface area contributed by atoms with Crippen molar-refractivity contribution < 1.29 is 0 Å². The van der Waals surface area contributed by atoms with Gasteiger partial charge < -0.3 is 11.1 Å². The second kappa shape index (κ2) is 4.25. The van der Waals surface area contributed by atoms with Gasteiger partial charge in [0.1, 0.15) is 0 Å². The first-order chi connectivity index (χ1) is 6.40. The van der Waals surface area contributed by atoms with Gasteiger partial charge in [-0.3, -0.25) is 0 Å². The van der Waals surface area contributed by atoms with Crippen LogP contribution in [0.1, 0.15) is 19.3 Å². The minimum Gasteiger partial charge on any atom is -0.330 e. The van der Waals surface area contributed by atoms with Gasteiger partial charge in [0.2, 0.25) is 0 Å². The van der Waals surface area contributed by atoms with Crippen LogP contribution in [0.15, 0.2) is 12.2 Å². The molecule has 1 fully saturated rings. The molecule has 2 aliphatic rings. The third-order valence-electron chi connectivity index (χ3n) is 3.38. The first kappa shape index (κ1) is 9.22. The number of nitrogens with one attached hydrogen (secondary N) is 1. The molecule has 74 valence electrons. The molecule has 0 aromatic heterocycles. The van der Waals surface area contributed by atoms with E-state index in [9.17, 15) is 0 Å². The second-order valence-corrected chi connectivity index (χ2v) is 4.39. The van der Waals surface area contributed by atoms with Gasteiger partial charge in [-0.05, 0) is 56.7 Å². The monoisotopic (exact) mass is 180 g/mol. The summed E-state index contributed by atoms with van der Waals surface area (Å²) in [6, 6.07) is 0. The minimum atomic E-state index is 0.809. The Morgan fingerprint density at radius 2 is 2.23 bits per heavy atom. The highest BCUT2D eigenvalue weighted by atomic mass is 14.9. The number of hydrogen-bond acceptors (Lipinski definition) is 2. The molecule has 2 rings (SSSR count). The smallest absolute Gasteiger partial charge is 0.00147 e. The number of hydrogen-bond donors (Lipinski definition) is 2. The fraction of sp³-hybridized carbons (Fsp3) is 0.818. The van der Waals surface area contributed by atoms with E-state index in [-0.39, 0.29) is 0 Å². The SMILES string of the molecule is NCCCNCC1CC2C=CC1C2. The van der Waals surface area contributed by atoms with Gasteiger partial charge >= 0.3 is 0 Å². The maximum absolute atomic E-state index is 5.43. The van der Waals surface area contributed by atoms with Gasteiger partial charge in [-0.25, -0.2) is 0 Å². The Kier molecular flexibility index (Phi) is 3.01. The Balaban J connectivity index is 1.64. The molecule has 3 unspecified atom stereocenters. The van der Waals surface area contributed by atoms with Crippen LogP contribution >= 0.6 is 0 Å². The van der Waals surface area contributed by atoms with Crippen LogP contribution in [0.25, 0.3) is 0 Å². The summed E-state index contributed by atoms with van der Waals surface area (Å²) in [7, 11) is 0. The third-order valence-corrected chi connectivity index (χ3v) is 3.38. The molecule has 2 nitrogen and oxygen atoms in total. The molecular weight excluding hydrogens is 160 g/mol. The summed E-state index contributed by atoms with van der Waals surface area (Å²) in [5.74, 6) is 2.70. The lowest BCUT2D eigenvalue weighted by molar-refractivity contribution is 0.414. The molecule has 0 aliphatic heterocycles. The maximum Gasteiger partial charge on any atom is -0.00147 e. The third kappa shape index (κ3) is 2.12. The zero-order valence-corrected chi connectivity index (χ0v) is 8.21. The zero-order valence-electron chi connectivity index (χ0n) is 8.21. The van der Waals surface area contributed by atoms with Crippen LogP contribution in [0.4, 0.5) is 0 Å². The van der Waals surface area contributed by atoms with Gasteiger partial charge in [0.25, 0.3) is 0 Å². The van der Waals surface area contributed by atoms with Gasteiger partial charge in [0, 0.05) is 0 Å². The standard InChI is InChI=1S/C11H20N2/c12-4-1-5-13-8-11-7-9-2-3-10(11)6-9/h2-3,9-11,13H,1,4-8,12H2. The van der Waals surface area contributed by atoms with E-state index in [0.717, 1.165) is 37.3 Å². The lowest BCUT2D eigenvalue weighted by atomic mass is 9.94. The van der Waals surface area contributed by atoms with Crippen LogP contribution in [0.3, 0.4) is 0 Å². The summed E-state index contributed by atoms with van der Waals surface area (Å²) in [6.45, 7) is 3.10. The summed E-state index contributed by atoms with van der Waals surface area (Å²) in [5, 5.41) is 3.50. The molecule has 2 heteroatoms. The van der Waals surface area contributed by atoms with Crippen LogP contribution in [-0.2, 0) is 0 Å². The van der Waals surface area contributed by atoms with Crippen molar-refractivity contribution >= 4 is 0 Å². The summed E-state index contributed by atoms with van der Waals surface area (Å²) >= 11 is 0. The minimum absolute atomic E-state index is 0.809. The predicted molar refractivity (Wildman–Crippen MR) is 55.4 cm³/mol. The number of rotatable bonds is 5. The zero-order chi connectivity index (χ0) is 9.10. The largest absolute Gasteiger partial charge is 0.330 e. The highest BCUT2D eigenvalue weighted by Crippen LogP contribution is 2.42. The van der Waals surface area contributed by atoms with Crippen molar-refractivity contribution in [3.63, 3.8) is 0 Å².